The predicted octanol–water partition coefficient (Wildman–Crippen LogP) is 6.83. The van der Waals surface area contributed by atoms with Crippen molar-refractivity contribution in [1.82, 2.24) is 14.9 Å². The third kappa shape index (κ3) is 7.93. The van der Waals surface area contributed by atoms with Crippen molar-refractivity contribution in [2.75, 3.05) is 37.9 Å². The average molecular weight is 607 g/mol. The van der Waals surface area contributed by atoms with Crippen LogP contribution in [0.3, 0.4) is 0 Å². The molecule has 9 nitrogen and oxygen atoms in total. The molecule has 0 radical (unpaired) electrons. The summed E-state index contributed by atoms with van der Waals surface area (Å²) in [6, 6.07) is 12.3. The number of nitriles is 1. The van der Waals surface area contributed by atoms with Crippen LogP contribution in [0.2, 0.25) is 0 Å². The highest BCUT2D eigenvalue weighted by atomic mass is 19.4. The van der Waals surface area contributed by atoms with Gasteiger partial charge < -0.3 is 25.0 Å². The van der Waals surface area contributed by atoms with E-state index >= 15 is 0 Å². The molecule has 0 fully saturated rings. The summed E-state index contributed by atoms with van der Waals surface area (Å²) in [6.45, 7) is 4.65. The first-order valence-corrected chi connectivity index (χ1v) is 14.0. The zero-order valence-corrected chi connectivity index (χ0v) is 24.9. The molecule has 0 saturated heterocycles. The summed E-state index contributed by atoms with van der Waals surface area (Å²) in [6.07, 6.45) is -0.992. The fourth-order valence-corrected chi connectivity index (χ4v) is 4.49. The van der Waals surface area contributed by atoms with E-state index in [9.17, 15) is 23.2 Å². The Morgan fingerprint density at radius 2 is 1.89 bits per heavy atom. The quantitative estimate of drug-likeness (QED) is 0.181. The van der Waals surface area contributed by atoms with Gasteiger partial charge in [0, 0.05) is 30.3 Å². The first-order valence-electron chi connectivity index (χ1n) is 14.0. The summed E-state index contributed by atoms with van der Waals surface area (Å²) in [5.41, 5.74) is 0.992. The standard InChI is InChI=1S/C32H33F3N6O3/c1-5-43-29-16-26-23(15-27(29)39-30(42)9-7-13-41(3)4)31(21(17-36)18-38-26)40-25-11-10-22(14-24(25)32(33,34)35)44-19-28-20(2)8-6-12-37-28/h6,8,10-12,14-16,18H,5,7,9,13,19H2,1-4H3,(H,38,40)(H,39,42). The second-order valence-corrected chi connectivity index (χ2v) is 10.3. The molecule has 44 heavy (non-hydrogen) atoms. The Balaban J connectivity index is 1.72. The number of rotatable bonds is 12. The van der Waals surface area contributed by atoms with Crippen molar-refractivity contribution in [2.24, 2.45) is 0 Å². The summed E-state index contributed by atoms with van der Waals surface area (Å²) >= 11 is 0. The van der Waals surface area contributed by atoms with Crippen LogP contribution in [0.1, 0.15) is 42.1 Å². The van der Waals surface area contributed by atoms with E-state index in [1.807, 2.05) is 38.1 Å². The molecule has 4 aromatic rings. The minimum Gasteiger partial charge on any atom is -0.492 e. The summed E-state index contributed by atoms with van der Waals surface area (Å²) in [7, 11) is 3.83. The average Bonchev–Trinajstić information content (AvgIpc) is 2.97. The van der Waals surface area contributed by atoms with Crippen LogP contribution >= 0.6 is 0 Å². The number of aryl methyl sites for hydroxylation is 1. The van der Waals surface area contributed by atoms with Crippen molar-refractivity contribution in [3.05, 3.63) is 77.2 Å². The molecule has 0 saturated carbocycles. The topological polar surface area (TPSA) is 112 Å². The maximum absolute atomic E-state index is 14.3. The van der Waals surface area contributed by atoms with E-state index in [-0.39, 0.29) is 41.6 Å². The fraction of sp³-hybridized carbons (Fsp3) is 0.312. The Morgan fingerprint density at radius 1 is 1.09 bits per heavy atom. The van der Waals surface area contributed by atoms with Gasteiger partial charge in [0.25, 0.3) is 0 Å². The number of nitrogens with zero attached hydrogens (tertiary/aromatic N) is 4. The van der Waals surface area contributed by atoms with Gasteiger partial charge in [-0.1, -0.05) is 6.07 Å². The smallest absolute Gasteiger partial charge is 0.418 e. The van der Waals surface area contributed by atoms with Crippen molar-refractivity contribution in [3.63, 3.8) is 0 Å². The molecule has 1 amide bonds. The SMILES string of the molecule is CCOc1cc2ncc(C#N)c(Nc3ccc(OCc4ncccc4C)cc3C(F)(F)F)c2cc1NC(=O)CCCN(C)C. The van der Waals surface area contributed by atoms with Gasteiger partial charge in [0.2, 0.25) is 5.91 Å². The van der Waals surface area contributed by atoms with E-state index < -0.39 is 11.7 Å². The number of hydrogen-bond acceptors (Lipinski definition) is 8. The van der Waals surface area contributed by atoms with E-state index in [0.717, 1.165) is 18.2 Å². The predicted molar refractivity (Wildman–Crippen MR) is 162 cm³/mol. The number of fused-ring (bicyclic) bond motifs is 1. The molecule has 2 aromatic carbocycles. The number of pyridine rings is 2. The zero-order chi connectivity index (χ0) is 31.9. The number of amides is 1. The van der Waals surface area contributed by atoms with Crippen LogP contribution in [-0.4, -0.2) is 48.0 Å². The molecule has 0 aliphatic heterocycles. The molecule has 12 heteroatoms. The third-order valence-corrected chi connectivity index (χ3v) is 6.72. The molecule has 0 bridgehead atoms. The number of alkyl halides is 3. The van der Waals surface area contributed by atoms with Gasteiger partial charge in [0.15, 0.2) is 0 Å². The summed E-state index contributed by atoms with van der Waals surface area (Å²) in [5.74, 6) is 0.111. The normalized spacial score (nSPS) is 11.3. The maximum atomic E-state index is 14.3. The zero-order valence-electron chi connectivity index (χ0n) is 24.9. The first kappa shape index (κ1) is 32.0. The van der Waals surface area contributed by atoms with E-state index in [0.29, 0.717) is 41.1 Å². The number of halogens is 3. The number of hydrogen-bond donors (Lipinski definition) is 2. The van der Waals surface area contributed by atoms with Crippen LogP contribution in [0.4, 0.5) is 30.2 Å². The highest BCUT2D eigenvalue weighted by Crippen LogP contribution is 2.41. The molecule has 4 rings (SSSR count). The van der Waals surface area contributed by atoms with E-state index in [1.165, 1.54) is 18.3 Å². The van der Waals surface area contributed by atoms with E-state index in [4.69, 9.17) is 9.47 Å². The molecule has 0 atom stereocenters. The van der Waals surface area contributed by atoms with Crippen LogP contribution in [0.5, 0.6) is 11.5 Å². The number of aromatic nitrogens is 2. The lowest BCUT2D eigenvalue weighted by molar-refractivity contribution is -0.137. The molecule has 0 unspecified atom stereocenters. The number of nitrogens with one attached hydrogen (secondary N) is 2. The van der Waals surface area contributed by atoms with Crippen molar-refractivity contribution < 1.29 is 27.4 Å². The lowest BCUT2D eigenvalue weighted by Crippen LogP contribution is -2.17. The van der Waals surface area contributed by atoms with Crippen LogP contribution in [0.25, 0.3) is 10.9 Å². The van der Waals surface area contributed by atoms with Crippen molar-refractivity contribution in [1.29, 1.82) is 5.26 Å². The van der Waals surface area contributed by atoms with E-state index in [2.05, 4.69) is 20.6 Å². The molecule has 0 aliphatic rings. The number of ether oxygens (including phenoxy) is 2. The monoisotopic (exact) mass is 606 g/mol. The summed E-state index contributed by atoms with van der Waals surface area (Å²) < 4.78 is 54.3. The highest BCUT2D eigenvalue weighted by molar-refractivity contribution is 6.02. The van der Waals surface area contributed by atoms with Gasteiger partial charge in [0.05, 0.1) is 46.0 Å². The largest absolute Gasteiger partial charge is 0.492 e. The Bertz CT molecular complexity index is 1680. The van der Waals surface area contributed by atoms with Gasteiger partial charge in [-0.25, -0.2) is 0 Å². The third-order valence-electron chi connectivity index (χ3n) is 6.72. The Kier molecular flexibility index (Phi) is 10.2. The van der Waals surface area contributed by atoms with Crippen LogP contribution < -0.4 is 20.1 Å². The summed E-state index contributed by atoms with van der Waals surface area (Å²) in [4.78, 5) is 23.2. The van der Waals surface area contributed by atoms with Crippen LogP contribution in [0, 0.1) is 18.3 Å². The molecule has 0 aliphatic carbocycles. The number of anilines is 3. The molecule has 2 heterocycles. The van der Waals surface area contributed by atoms with Gasteiger partial charge >= 0.3 is 6.18 Å². The highest BCUT2D eigenvalue weighted by Gasteiger charge is 2.34. The number of carbonyl (C=O) groups excluding carboxylic acids is 1. The molecule has 2 N–H and O–H groups in total. The second-order valence-electron chi connectivity index (χ2n) is 10.3. The second kappa shape index (κ2) is 14.1. The van der Waals surface area contributed by atoms with Crippen molar-refractivity contribution >= 4 is 33.9 Å². The van der Waals surface area contributed by atoms with Gasteiger partial charge in [0.1, 0.15) is 24.2 Å². The van der Waals surface area contributed by atoms with Gasteiger partial charge in [-0.15, -0.1) is 0 Å². The van der Waals surface area contributed by atoms with Crippen molar-refractivity contribution in [3.8, 4) is 17.6 Å². The lowest BCUT2D eigenvalue weighted by Gasteiger charge is -2.19. The first-order chi connectivity index (χ1) is 21.0. The van der Waals surface area contributed by atoms with Gasteiger partial charge in [-0.3, -0.25) is 14.8 Å². The maximum Gasteiger partial charge on any atom is 0.418 e. The van der Waals surface area contributed by atoms with Crippen molar-refractivity contribution in [2.45, 2.75) is 39.5 Å². The molecule has 0 spiro atoms. The fourth-order valence-electron chi connectivity index (χ4n) is 4.49. The van der Waals surface area contributed by atoms with Crippen LogP contribution in [-0.2, 0) is 17.6 Å². The lowest BCUT2D eigenvalue weighted by atomic mass is 10.1. The van der Waals surface area contributed by atoms with E-state index in [1.54, 1.807) is 31.3 Å². The Hall–Kier alpha value is -4.89. The Morgan fingerprint density at radius 3 is 2.57 bits per heavy atom. The van der Waals surface area contributed by atoms with Gasteiger partial charge in [-0.05, 0) is 76.8 Å². The van der Waals surface area contributed by atoms with Crippen LogP contribution in [0.15, 0.2) is 54.9 Å². The summed E-state index contributed by atoms with van der Waals surface area (Å²) in [5, 5.41) is 15.8. The minimum atomic E-state index is -4.74. The van der Waals surface area contributed by atoms with Gasteiger partial charge in [-0.2, -0.15) is 18.4 Å². The Labute approximate surface area is 253 Å². The number of benzene rings is 2. The number of carbonyl (C=O) groups is 1. The minimum absolute atomic E-state index is 0.00384. The molecule has 230 valence electrons. The molecule has 2 aromatic heterocycles. The molecular weight excluding hydrogens is 573 g/mol. The molecular formula is C32H33F3N6O3.